The van der Waals surface area contributed by atoms with E-state index in [0.717, 1.165) is 0 Å². The van der Waals surface area contributed by atoms with Crippen molar-refractivity contribution in [3.63, 3.8) is 0 Å². The number of imidazole rings is 1. The van der Waals surface area contributed by atoms with Gasteiger partial charge in [0.2, 0.25) is 0 Å². The number of alkyl halides is 2. The van der Waals surface area contributed by atoms with Crippen LogP contribution in [0.3, 0.4) is 0 Å². The second-order valence-electron chi connectivity index (χ2n) is 10.1. The highest BCUT2D eigenvalue weighted by atomic mass is 19.3. The van der Waals surface area contributed by atoms with Crippen LogP contribution in [-0.4, -0.2) is 52.3 Å². The van der Waals surface area contributed by atoms with Gasteiger partial charge in [-0.3, -0.25) is 9.36 Å². The number of hydrogen-bond donors (Lipinski definition) is 0. The minimum Gasteiger partial charge on any atom is -0.433 e. The Hall–Kier alpha value is -3.05. The molecule has 0 spiro atoms. The number of rotatable bonds is 4. The molecule has 11 heteroatoms. The van der Waals surface area contributed by atoms with Crippen molar-refractivity contribution in [1.29, 1.82) is 0 Å². The lowest BCUT2D eigenvalue weighted by Crippen LogP contribution is -2.41. The van der Waals surface area contributed by atoms with E-state index in [-0.39, 0.29) is 28.0 Å². The van der Waals surface area contributed by atoms with Gasteiger partial charge in [-0.15, -0.1) is 0 Å². The van der Waals surface area contributed by atoms with Crippen LogP contribution in [0.25, 0.3) is 16.7 Å². The van der Waals surface area contributed by atoms with Crippen molar-refractivity contribution in [1.82, 2.24) is 14.5 Å². The van der Waals surface area contributed by atoms with E-state index in [1.807, 2.05) is 34.6 Å². The smallest absolute Gasteiger partial charge is 0.433 e. The summed E-state index contributed by atoms with van der Waals surface area (Å²) in [5, 5.41) is 0. The van der Waals surface area contributed by atoms with Crippen molar-refractivity contribution in [2.24, 2.45) is 0 Å². The number of benzene rings is 2. The Morgan fingerprint density at radius 1 is 1.14 bits per heavy atom. The molecule has 7 nitrogen and oxygen atoms in total. The first-order valence-electron chi connectivity index (χ1n) is 11.8. The summed E-state index contributed by atoms with van der Waals surface area (Å²) in [4.78, 5) is 19.5. The molecule has 0 bridgehead atoms. The predicted molar refractivity (Wildman–Crippen MR) is 129 cm³/mol. The quantitative estimate of drug-likeness (QED) is 0.489. The number of fused-ring (bicyclic) bond motifs is 5. The van der Waals surface area contributed by atoms with Crippen LogP contribution in [0.15, 0.2) is 30.3 Å². The fraction of sp³-hybridized carbons (Fsp3) is 0.440. The van der Waals surface area contributed by atoms with E-state index in [1.165, 1.54) is 27.7 Å². The minimum absolute atomic E-state index is 0.0214. The number of amides is 1. The number of carbonyl (C=O) groups excluding carboxylic acids is 1. The first-order valence-corrected chi connectivity index (χ1v) is 11.8. The molecule has 5 rings (SSSR count). The summed E-state index contributed by atoms with van der Waals surface area (Å²) in [5.74, 6) is -0.980. The minimum atomic E-state index is -3.14. The number of hydrogen-bond acceptors (Lipinski definition) is 5. The van der Waals surface area contributed by atoms with Crippen LogP contribution in [0, 0.1) is 5.82 Å². The van der Waals surface area contributed by atoms with E-state index in [9.17, 15) is 13.6 Å². The molecule has 190 valence electrons. The Balaban J connectivity index is 1.82. The van der Waals surface area contributed by atoms with Crippen LogP contribution in [0.5, 0.6) is 5.75 Å². The molecular formula is C25H27BF3N3O4. The second kappa shape index (κ2) is 8.24. The predicted octanol–water partition coefficient (Wildman–Crippen LogP) is 4.60. The van der Waals surface area contributed by atoms with Gasteiger partial charge in [-0.05, 0) is 52.3 Å². The highest BCUT2D eigenvalue weighted by Gasteiger charge is 2.52. The normalized spacial score (nSPS) is 20.6. The fourth-order valence-electron chi connectivity index (χ4n) is 4.84. The molecule has 1 saturated heterocycles. The van der Waals surface area contributed by atoms with Crippen LogP contribution in [0.2, 0.25) is 0 Å². The van der Waals surface area contributed by atoms with Crippen molar-refractivity contribution >= 4 is 29.5 Å². The van der Waals surface area contributed by atoms with Gasteiger partial charge in [-0.25, -0.2) is 9.37 Å². The summed E-state index contributed by atoms with van der Waals surface area (Å²) in [5.41, 5.74) is -0.774. The van der Waals surface area contributed by atoms with Crippen LogP contribution < -0.4 is 10.2 Å². The monoisotopic (exact) mass is 501 g/mol. The molecule has 3 aromatic rings. The van der Waals surface area contributed by atoms with E-state index in [4.69, 9.17) is 14.0 Å². The maximum Gasteiger partial charge on any atom is 0.497 e. The van der Waals surface area contributed by atoms with Gasteiger partial charge in [-0.1, -0.05) is 19.1 Å². The highest BCUT2D eigenvalue weighted by Crippen LogP contribution is 2.41. The van der Waals surface area contributed by atoms with E-state index < -0.39 is 42.7 Å². The number of nitrogens with zero attached hydrogens (tertiary/aromatic N) is 3. The maximum absolute atomic E-state index is 16.4. The van der Waals surface area contributed by atoms with Gasteiger partial charge in [0.15, 0.2) is 5.75 Å². The Bertz CT molecular complexity index is 1360. The van der Waals surface area contributed by atoms with Gasteiger partial charge in [-0.2, -0.15) is 8.78 Å². The molecule has 1 amide bonds. The topological polar surface area (TPSA) is 65.8 Å². The van der Waals surface area contributed by atoms with Crippen LogP contribution >= 0.6 is 0 Å². The largest absolute Gasteiger partial charge is 0.497 e. The molecule has 2 aromatic carbocycles. The third kappa shape index (κ3) is 3.51. The Labute approximate surface area is 207 Å². The van der Waals surface area contributed by atoms with Gasteiger partial charge < -0.3 is 18.9 Å². The molecule has 0 saturated carbocycles. The average Bonchev–Trinajstić information content (AvgIpc) is 3.24. The summed E-state index contributed by atoms with van der Waals surface area (Å²) in [6.45, 7) is 6.20. The second-order valence-corrected chi connectivity index (χ2v) is 10.1. The molecule has 1 fully saturated rings. The van der Waals surface area contributed by atoms with Crippen LogP contribution in [-0.2, 0) is 9.31 Å². The van der Waals surface area contributed by atoms with Crippen molar-refractivity contribution in [3.8, 4) is 11.4 Å². The molecule has 0 N–H and O–H groups in total. The molecule has 2 aliphatic heterocycles. The number of halogens is 3. The summed E-state index contributed by atoms with van der Waals surface area (Å²) in [6, 6.07) is 6.97. The van der Waals surface area contributed by atoms with E-state index in [0.29, 0.717) is 17.8 Å². The first kappa shape index (κ1) is 24.6. The molecular weight excluding hydrogens is 474 g/mol. The zero-order chi connectivity index (χ0) is 26.2. The van der Waals surface area contributed by atoms with E-state index in [2.05, 4.69) is 4.98 Å². The lowest BCUT2D eigenvalue weighted by molar-refractivity contribution is -0.0498. The van der Waals surface area contributed by atoms with Gasteiger partial charge in [0.25, 0.3) is 5.91 Å². The van der Waals surface area contributed by atoms with Crippen molar-refractivity contribution in [2.45, 2.75) is 64.9 Å². The third-order valence-electron chi connectivity index (χ3n) is 7.46. The fourth-order valence-corrected chi connectivity index (χ4v) is 4.84. The van der Waals surface area contributed by atoms with E-state index >= 15 is 4.39 Å². The Morgan fingerprint density at radius 2 is 1.81 bits per heavy atom. The number of aromatic nitrogens is 2. The first-order chi connectivity index (χ1) is 16.9. The Kier molecular flexibility index (Phi) is 5.64. The number of para-hydroxylation sites is 1. The van der Waals surface area contributed by atoms with Crippen molar-refractivity contribution in [2.75, 3.05) is 7.05 Å². The zero-order valence-corrected chi connectivity index (χ0v) is 20.9. The zero-order valence-electron chi connectivity index (χ0n) is 20.9. The molecule has 0 aliphatic carbocycles. The van der Waals surface area contributed by atoms with Crippen LogP contribution in [0.4, 0.5) is 13.2 Å². The summed E-state index contributed by atoms with van der Waals surface area (Å²) >= 11 is 0. The van der Waals surface area contributed by atoms with Crippen molar-refractivity contribution < 1.29 is 32.0 Å². The Morgan fingerprint density at radius 3 is 2.42 bits per heavy atom. The third-order valence-corrected chi connectivity index (χ3v) is 7.46. The highest BCUT2D eigenvalue weighted by molar-refractivity contribution is 6.62. The SMILES string of the molecule is CCC1c2nc3ccc(B4OC(C)(C)C(C)(C)O4)c(F)c3n2-c2c(OC(F)F)cccc2C(=O)N1C. The van der Waals surface area contributed by atoms with E-state index in [1.54, 1.807) is 19.2 Å². The van der Waals surface area contributed by atoms with Gasteiger partial charge in [0, 0.05) is 12.5 Å². The average molecular weight is 501 g/mol. The standard InChI is InChI=1S/C25H27BF3N3O4/c1-7-16-21-30-15-12-11-14(26-35-24(2,3)25(4,5)36-26)18(27)20(15)32(21)19-13(22(33)31(16)6)9-8-10-17(19)34-23(28)29/h8-12,16,23H,7H2,1-6H3. The molecule has 1 unspecified atom stereocenters. The molecule has 1 aromatic heterocycles. The van der Waals surface area contributed by atoms with Crippen molar-refractivity contribution in [3.05, 3.63) is 47.5 Å². The van der Waals surface area contributed by atoms with Gasteiger partial charge in [0.1, 0.15) is 22.8 Å². The summed E-state index contributed by atoms with van der Waals surface area (Å²) in [6.07, 6.45) is 0.469. The summed E-state index contributed by atoms with van der Waals surface area (Å²) in [7, 11) is 0.622. The molecule has 3 heterocycles. The summed E-state index contributed by atoms with van der Waals surface area (Å²) < 4.78 is 61.5. The molecule has 36 heavy (non-hydrogen) atoms. The van der Waals surface area contributed by atoms with Gasteiger partial charge in [0.05, 0.1) is 28.3 Å². The lowest BCUT2D eigenvalue weighted by atomic mass is 9.78. The molecule has 2 aliphatic rings. The molecule has 1 atom stereocenters. The maximum atomic E-state index is 16.4. The molecule has 0 radical (unpaired) electrons. The number of carbonyl (C=O) groups is 1. The van der Waals surface area contributed by atoms with Gasteiger partial charge >= 0.3 is 13.7 Å². The van der Waals surface area contributed by atoms with Crippen LogP contribution in [0.1, 0.15) is 63.3 Å². The number of ether oxygens (including phenoxy) is 1. The lowest BCUT2D eigenvalue weighted by Gasteiger charge is -2.32.